The monoisotopic (exact) mass is 278 g/mol. The lowest BCUT2D eigenvalue weighted by Crippen LogP contribution is -2.48. The molecule has 1 fully saturated rings. The highest BCUT2D eigenvalue weighted by molar-refractivity contribution is 5.95. The predicted molar refractivity (Wildman–Crippen MR) is 73.6 cm³/mol. The summed E-state index contributed by atoms with van der Waals surface area (Å²) in [5.74, 6) is -1.01. The molecule has 0 radical (unpaired) electrons. The second-order valence-corrected chi connectivity index (χ2v) is 4.62. The molecular formula is C14H18N2O4. The molecule has 1 aliphatic rings. The molecule has 1 saturated heterocycles. The van der Waals surface area contributed by atoms with Gasteiger partial charge < -0.3 is 20.5 Å². The van der Waals surface area contributed by atoms with Crippen LogP contribution in [0.4, 0.5) is 5.69 Å². The molecule has 0 bridgehead atoms. The predicted octanol–water partition coefficient (Wildman–Crippen LogP) is 0.631. The van der Waals surface area contributed by atoms with Gasteiger partial charge in [-0.05, 0) is 18.1 Å². The maximum atomic E-state index is 12.1. The molecule has 1 amide bonds. The van der Waals surface area contributed by atoms with E-state index in [4.69, 9.17) is 9.84 Å². The summed E-state index contributed by atoms with van der Waals surface area (Å²) in [5, 5.41) is 14.6. The number of carbonyl (C=O) groups excluding carboxylic acids is 1. The van der Waals surface area contributed by atoms with Crippen molar-refractivity contribution in [2.45, 2.75) is 18.9 Å². The summed E-state index contributed by atoms with van der Waals surface area (Å²) in [6, 6.07) is 6.87. The van der Waals surface area contributed by atoms with E-state index in [1.54, 1.807) is 6.07 Å². The van der Waals surface area contributed by atoms with Crippen molar-refractivity contribution < 1.29 is 19.4 Å². The van der Waals surface area contributed by atoms with Crippen LogP contribution in [0.2, 0.25) is 0 Å². The van der Waals surface area contributed by atoms with Crippen LogP contribution < -0.4 is 10.6 Å². The second-order valence-electron chi connectivity index (χ2n) is 4.62. The van der Waals surface area contributed by atoms with E-state index >= 15 is 0 Å². The fourth-order valence-corrected chi connectivity index (χ4v) is 2.06. The number of carboxylic acids is 1. The zero-order chi connectivity index (χ0) is 14.4. The first-order valence-corrected chi connectivity index (χ1v) is 6.58. The minimum Gasteiger partial charge on any atom is -0.481 e. The van der Waals surface area contributed by atoms with Gasteiger partial charge >= 0.3 is 5.97 Å². The summed E-state index contributed by atoms with van der Waals surface area (Å²) < 4.78 is 5.25. The molecule has 0 aliphatic carbocycles. The van der Waals surface area contributed by atoms with Crippen molar-refractivity contribution >= 4 is 17.6 Å². The van der Waals surface area contributed by atoms with E-state index in [0.29, 0.717) is 31.9 Å². The van der Waals surface area contributed by atoms with Crippen molar-refractivity contribution in [3.05, 3.63) is 29.8 Å². The molecule has 0 saturated carbocycles. The molecule has 108 valence electrons. The zero-order valence-corrected chi connectivity index (χ0v) is 11.1. The Morgan fingerprint density at radius 3 is 2.90 bits per heavy atom. The first kappa shape index (κ1) is 14.5. The fraction of sp³-hybridized carbons (Fsp3) is 0.429. The summed E-state index contributed by atoms with van der Waals surface area (Å²) in [6.45, 7) is 1.61. The molecule has 6 heteroatoms. The minimum absolute atomic E-state index is 0.0394. The van der Waals surface area contributed by atoms with Crippen molar-refractivity contribution in [1.82, 2.24) is 5.32 Å². The van der Waals surface area contributed by atoms with Gasteiger partial charge in [-0.25, -0.2) is 0 Å². The minimum atomic E-state index is -0.853. The van der Waals surface area contributed by atoms with E-state index in [1.165, 1.54) is 0 Å². The quantitative estimate of drug-likeness (QED) is 0.735. The number of hydrogen-bond donors (Lipinski definition) is 3. The van der Waals surface area contributed by atoms with E-state index in [-0.39, 0.29) is 18.4 Å². The standard InChI is InChI=1S/C14H18N2O4/c17-13(18)6-5-10-3-1-2-4-11(10)16-14(19)12-9-20-8-7-15-12/h1-4,12,15H,5-9H2,(H,16,19)(H,17,18). The molecule has 1 atom stereocenters. The number of nitrogens with one attached hydrogen (secondary N) is 2. The molecule has 1 aliphatic heterocycles. The molecular weight excluding hydrogens is 260 g/mol. The van der Waals surface area contributed by atoms with Crippen molar-refractivity contribution in [1.29, 1.82) is 0 Å². The normalized spacial score (nSPS) is 18.5. The van der Waals surface area contributed by atoms with Gasteiger partial charge in [0.1, 0.15) is 6.04 Å². The highest BCUT2D eigenvalue weighted by Gasteiger charge is 2.21. The number of benzene rings is 1. The van der Waals surface area contributed by atoms with Crippen LogP contribution in [0.3, 0.4) is 0 Å². The Hall–Kier alpha value is -1.92. The number of aryl methyl sites for hydroxylation is 1. The smallest absolute Gasteiger partial charge is 0.303 e. The van der Waals surface area contributed by atoms with E-state index in [0.717, 1.165) is 5.56 Å². The van der Waals surface area contributed by atoms with Gasteiger partial charge in [-0.1, -0.05) is 18.2 Å². The van der Waals surface area contributed by atoms with Crippen LogP contribution >= 0.6 is 0 Å². The maximum Gasteiger partial charge on any atom is 0.303 e. The van der Waals surface area contributed by atoms with Crippen LogP contribution in [0.15, 0.2) is 24.3 Å². The number of aliphatic carboxylic acids is 1. The Labute approximate surface area is 117 Å². The number of hydrogen-bond acceptors (Lipinski definition) is 4. The summed E-state index contributed by atoms with van der Waals surface area (Å²) in [5.41, 5.74) is 1.48. The van der Waals surface area contributed by atoms with E-state index < -0.39 is 5.97 Å². The van der Waals surface area contributed by atoms with E-state index in [9.17, 15) is 9.59 Å². The Balaban J connectivity index is 2.00. The third-order valence-corrected chi connectivity index (χ3v) is 3.12. The molecule has 1 aromatic carbocycles. The zero-order valence-electron chi connectivity index (χ0n) is 11.1. The van der Waals surface area contributed by atoms with Crippen LogP contribution in [0.5, 0.6) is 0 Å². The fourth-order valence-electron chi connectivity index (χ4n) is 2.06. The van der Waals surface area contributed by atoms with Gasteiger partial charge in [0.25, 0.3) is 0 Å². The first-order chi connectivity index (χ1) is 9.66. The molecule has 1 unspecified atom stereocenters. The van der Waals surface area contributed by atoms with Crippen LogP contribution in [0.1, 0.15) is 12.0 Å². The molecule has 6 nitrogen and oxygen atoms in total. The highest BCUT2D eigenvalue weighted by atomic mass is 16.5. The van der Waals surface area contributed by atoms with Crippen molar-refractivity contribution in [2.24, 2.45) is 0 Å². The lowest BCUT2D eigenvalue weighted by atomic mass is 10.1. The highest BCUT2D eigenvalue weighted by Crippen LogP contribution is 2.17. The number of anilines is 1. The summed E-state index contributed by atoms with van der Waals surface area (Å²) >= 11 is 0. The van der Waals surface area contributed by atoms with Gasteiger partial charge in [0, 0.05) is 18.7 Å². The van der Waals surface area contributed by atoms with Crippen LogP contribution in [0, 0.1) is 0 Å². The summed E-state index contributed by atoms with van der Waals surface area (Å²) in [7, 11) is 0. The summed E-state index contributed by atoms with van der Waals surface area (Å²) in [4.78, 5) is 22.7. The average Bonchev–Trinajstić information content (AvgIpc) is 2.47. The molecule has 20 heavy (non-hydrogen) atoms. The SMILES string of the molecule is O=C(O)CCc1ccccc1NC(=O)C1COCCN1. The van der Waals surface area contributed by atoms with Crippen LogP contribution in [-0.2, 0) is 20.7 Å². The molecule has 2 rings (SSSR count). The molecule has 0 aromatic heterocycles. The third-order valence-electron chi connectivity index (χ3n) is 3.12. The second kappa shape index (κ2) is 7.02. The topological polar surface area (TPSA) is 87.7 Å². The van der Waals surface area contributed by atoms with Gasteiger partial charge in [0.15, 0.2) is 0 Å². The number of amides is 1. The van der Waals surface area contributed by atoms with Gasteiger partial charge in [-0.3, -0.25) is 9.59 Å². The van der Waals surface area contributed by atoms with Crippen LogP contribution in [-0.4, -0.2) is 42.8 Å². The number of ether oxygens (including phenoxy) is 1. The summed E-state index contributed by atoms with van der Waals surface area (Å²) in [6.07, 6.45) is 0.429. The van der Waals surface area contributed by atoms with Crippen molar-refractivity contribution in [3.8, 4) is 0 Å². The van der Waals surface area contributed by atoms with Crippen molar-refractivity contribution in [2.75, 3.05) is 25.1 Å². The maximum absolute atomic E-state index is 12.1. The number of morpholine rings is 1. The number of para-hydroxylation sites is 1. The number of carbonyl (C=O) groups is 2. The number of rotatable bonds is 5. The van der Waals surface area contributed by atoms with Crippen molar-refractivity contribution in [3.63, 3.8) is 0 Å². The lowest BCUT2D eigenvalue weighted by Gasteiger charge is -2.23. The lowest BCUT2D eigenvalue weighted by molar-refractivity contribution is -0.137. The first-order valence-electron chi connectivity index (χ1n) is 6.58. The molecule has 3 N–H and O–H groups in total. The molecule has 1 aromatic rings. The Bertz CT molecular complexity index is 484. The Morgan fingerprint density at radius 2 is 2.20 bits per heavy atom. The van der Waals surface area contributed by atoms with Crippen LogP contribution in [0.25, 0.3) is 0 Å². The van der Waals surface area contributed by atoms with Gasteiger partial charge in [-0.15, -0.1) is 0 Å². The molecule has 1 heterocycles. The molecule has 0 spiro atoms. The third kappa shape index (κ3) is 4.04. The van der Waals surface area contributed by atoms with E-state index in [1.807, 2.05) is 18.2 Å². The van der Waals surface area contributed by atoms with Gasteiger partial charge in [-0.2, -0.15) is 0 Å². The Morgan fingerprint density at radius 1 is 1.40 bits per heavy atom. The van der Waals surface area contributed by atoms with Gasteiger partial charge in [0.2, 0.25) is 5.91 Å². The number of carboxylic acid groups (broad SMARTS) is 1. The average molecular weight is 278 g/mol. The van der Waals surface area contributed by atoms with Gasteiger partial charge in [0.05, 0.1) is 13.2 Å². The Kier molecular flexibility index (Phi) is 5.09. The largest absolute Gasteiger partial charge is 0.481 e. The van der Waals surface area contributed by atoms with E-state index in [2.05, 4.69) is 10.6 Å².